The molecule has 0 spiro atoms. The van der Waals surface area contributed by atoms with E-state index in [1.54, 1.807) is 65.2 Å². The molecule has 1 atom stereocenters. The van der Waals surface area contributed by atoms with Gasteiger partial charge in [0.2, 0.25) is 12.1 Å². The molecule has 0 saturated carbocycles. The Hall–Kier alpha value is -3.12. The summed E-state index contributed by atoms with van der Waals surface area (Å²) < 4.78 is 46.7. The molecule has 0 saturated heterocycles. The molecule has 14 heteroatoms. The maximum absolute atomic E-state index is 12.4. The topological polar surface area (TPSA) is 102 Å². The summed E-state index contributed by atoms with van der Waals surface area (Å²) in [5, 5.41) is 2.71. The number of ether oxygens (including phenoxy) is 2. The van der Waals surface area contributed by atoms with Crippen molar-refractivity contribution >= 4 is 73.9 Å². The van der Waals surface area contributed by atoms with Crippen molar-refractivity contribution in [2.45, 2.75) is 37.6 Å². The van der Waals surface area contributed by atoms with Crippen LogP contribution in [0.1, 0.15) is 22.8 Å². The maximum atomic E-state index is 12.4. The first kappa shape index (κ1) is 37.7. The SMILES string of the molecule is Cc1ccc(S(=O)(=O)[O-])cc1.O=C(COc1ccc(Cl)cc1)C[n+]1ccn(CC(OCc2ccc(Cl)cc2Cl)c2ccc(Cl)cc2Cl)c1. The van der Waals surface area contributed by atoms with Gasteiger partial charge in [-0.1, -0.05) is 87.8 Å². The molecule has 0 bridgehead atoms. The number of hydrogen-bond donors (Lipinski definition) is 0. The summed E-state index contributed by atoms with van der Waals surface area (Å²) in [6.07, 6.45) is 5.09. The van der Waals surface area contributed by atoms with Crippen LogP contribution in [-0.4, -0.2) is 29.9 Å². The number of carbonyl (C=O) groups excluding carboxylic acids is 1. The molecular weight excluding hydrogens is 742 g/mol. The van der Waals surface area contributed by atoms with E-state index in [-0.39, 0.29) is 30.4 Å². The van der Waals surface area contributed by atoms with Crippen LogP contribution in [0.4, 0.5) is 0 Å². The summed E-state index contributed by atoms with van der Waals surface area (Å²) in [5.74, 6) is 0.504. The molecule has 4 aromatic carbocycles. The zero-order chi connectivity index (χ0) is 34.8. The number of Topliss-reactive ketones (excluding diaryl/α,β-unsaturated/α-hetero) is 1. The lowest BCUT2D eigenvalue weighted by atomic mass is 10.1. The Morgan fingerprint density at radius 1 is 0.854 bits per heavy atom. The van der Waals surface area contributed by atoms with E-state index < -0.39 is 16.2 Å². The summed E-state index contributed by atoms with van der Waals surface area (Å²) in [5.41, 5.74) is 2.51. The summed E-state index contributed by atoms with van der Waals surface area (Å²) in [7, 11) is -4.27. The van der Waals surface area contributed by atoms with Crippen molar-refractivity contribution in [2.24, 2.45) is 0 Å². The molecule has 0 radical (unpaired) electrons. The first-order valence-electron chi connectivity index (χ1n) is 14.2. The van der Waals surface area contributed by atoms with Crippen LogP contribution >= 0.6 is 58.0 Å². The van der Waals surface area contributed by atoms with Crippen LogP contribution in [0.5, 0.6) is 5.75 Å². The van der Waals surface area contributed by atoms with E-state index in [1.165, 1.54) is 12.1 Å². The van der Waals surface area contributed by atoms with Crippen LogP contribution in [0, 0.1) is 6.92 Å². The highest BCUT2D eigenvalue weighted by atomic mass is 35.5. The second kappa shape index (κ2) is 17.5. The fourth-order valence-electron chi connectivity index (χ4n) is 4.31. The lowest BCUT2D eigenvalue weighted by molar-refractivity contribution is -0.683. The average molecular weight is 771 g/mol. The molecule has 48 heavy (non-hydrogen) atoms. The smallest absolute Gasteiger partial charge is 0.244 e. The Morgan fingerprint density at radius 3 is 2.10 bits per heavy atom. The molecule has 0 fully saturated rings. The van der Waals surface area contributed by atoms with Crippen LogP contribution in [0.15, 0.2) is 109 Å². The summed E-state index contributed by atoms with van der Waals surface area (Å²) in [6.45, 7) is 2.62. The molecule has 5 rings (SSSR count). The van der Waals surface area contributed by atoms with E-state index in [0.29, 0.717) is 37.4 Å². The quantitative estimate of drug-likeness (QED) is 0.0932. The Balaban J connectivity index is 0.000000401. The van der Waals surface area contributed by atoms with Gasteiger partial charge in [0.15, 0.2) is 13.2 Å². The van der Waals surface area contributed by atoms with Gasteiger partial charge in [0.1, 0.15) is 40.9 Å². The number of halogens is 5. The molecule has 1 aromatic heterocycles. The van der Waals surface area contributed by atoms with Crippen molar-refractivity contribution in [1.29, 1.82) is 0 Å². The predicted octanol–water partition coefficient (Wildman–Crippen LogP) is 8.55. The van der Waals surface area contributed by atoms with Crippen molar-refractivity contribution in [2.75, 3.05) is 6.61 Å². The van der Waals surface area contributed by atoms with E-state index in [1.807, 2.05) is 42.3 Å². The third-order valence-electron chi connectivity index (χ3n) is 6.77. The molecule has 252 valence electrons. The molecule has 0 aliphatic carbocycles. The number of imidazole rings is 1. The number of aromatic nitrogens is 2. The summed E-state index contributed by atoms with van der Waals surface area (Å²) in [6, 6.07) is 23.2. The van der Waals surface area contributed by atoms with Gasteiger partial charge >= 0.3 is 0 Å². The second-order valence-corrected chi connectivity index (χ2v) is 14.0. The molecule has 1 heterocycles. The lowest BCUT2D eigenvalue weighted by Gasteiger charge is -2.19. The van der Waals surface area contributed by atoms with E-state index in [4.69, 9.17) is 67.5 Å². The molecule has 1 unspecified atom stereocenters. The predicted molar refractivity (Wildman–Crippen MR) is 186 cm³/mol. The van der Waals surface area contributed by atoms with Crippen molar-refractivity contribution in [3.8, 4) is 5.75 Å². The van der Waals surface area contributed by atoms with Gasteiger partial charge in [0.25, 0.3) is 0 Å². The first-order chi connectivity index (χ1) is 22.8. The third kappa shape index (κ3) is 11.8. The van der Waals surface area contributed by atoms with Crippen LogP contribution in [0.3, 0.4) is 0 Å². The minimum absolute atomic E-state index is 0.0478. The Bertz CT molecular complexity index is 1950. The zero-order valence-corrected chi connectivity index (χ0v) is 30.0. The summed E-state index contributed by atoms with van der Waals surface area (Å²) >= 11 is 30.8. The van der Waals surface area contributed by atoms with Crippen molar-refractivity contribution in [3.05, 3.63) is 145 Å². The number of hydrogen-bond acceptors (Lipinski definition) is 6. The molecule has 5 aromatic rings. The van der Waals surface area contributed by atoms with Gasteiger partial charge in [-0.2, -0.15) is 0 Å². The van der Waals surface area contributed by atoms with Gasteiger partial charge in [-0.25, -0.2) is 17.6 Å². The van der Waals surface area contributed by atoms with Gasteiger partial charge in [-0.15, -0.1) is 0 Å². The normalized spacial score (nSPS) is 11.8. The minimum Gasteiger partial charge on any atom is -0.744 e. The summed E-state index contributed by atoms with van der Waals surface area (Å²) in [4.78, 5) is 12.3. The lowest BCUT2D eigenvalue weighted by Crippen LogP contribution is -2.37. The Labute approximate surface area is 304 Å². The standard InChI is InChI=1S/C27H22Cl5N2O3.C7H8O3S/c28-19-3-6-23(7-4-19)36-16-22(35)13-33-9-10-34(17-33)14-27(24-8-5-21(30)12-26(24)32)37-15-18-1-2-20(29)11-25(18)31;1-6-2-4-7(5-3-6)11(8,9)10/h1-12,17,27H,13-16H2;2-5H,1H3,(H,8,9,10)/q+1;/p-1. The number of benzene rings is 4. The van der Waals surface area contributed by atoms with Crippen molar-refractivity contribution in [1.82, 2.24) is 4.57 Å². The fourth-order valence-corrected chi connectivity index (χ4v) is 5.90. The molecule has 0 N–H and O–H groups in total. The monoisotopic (exact) mass is 768 g/mol. The van der Waals surface area contributed by atoms with Crippen LogP contribution < -0.4 is 9.30 Å². The van der Waals surface area contributed by atoms with E-state index >= 15 is 0 Å². The van der Waals surface area contributed by atoms with E-state index in [2.05, 4.69) is 0 Å². The van der Waals surface area contributed by atoms with Crippen LogP contribution in [0.25, 0.3) is 0 Å². The molecule has 8 nitrogen and oxygen atoms in total. The highest BCUT2D eigenvalue weighted by Gasteiger charge is 2.21. The zero-order valence-electron chi connectivity index (χ0n) is 25.4. The van der Waals surface area contributed by atoms with E-state index in [0.717, 1.165) is 16.7 Å². The van der Waals surface area contributed by atoms with Gasteiger partial charge in [0, 0.05) is 30.7 Å². The Morgan fingerprint density at radius 2 is 1.48 bits per heavy atom. The second-order valence-electron chi connectivity index (χ2n) is 10.5. The third-order valence-corrected chi connectivity index (χ3v) is 9.02. The van der Waals surface area contributed by atoms with Crippen LogP contribution in [-0.2, 0) is 39.3 Å². The van der Waals surface area contributed by atoms with Gasteiger partial charge in [0.05, 0.1) is 11.5 Å². The van der Waals surface area contributed by atoms with Crippen molar-refractivity contribution < 1.29 is 31.8 Å². The van der Waals surface area contributed by atoms with Gasteiger partial charge in [-0.05, 0) is 73.2 Å². The molecule has 0 aliphatic rings. The number of rotatable bonds is 12. The molecule has 0 amide bonds. The number of ketones is 1. The minimum atomic E-state index is -4.27. The number of aryl methyl sites for hydroxylation is 1. The number of carbonyl (C=O) groups is 1. The molecule has 0 aliphatic heterocycles. The maximum Gasteiger partial charge on any atom is 0.244 e. The largest absolute Gasteiger partial charge is 0.744 e. The Kier molecular flexibility index (Phi) is 13.8. The fraction of sp³-hybridized carbons (Fsp3) is 0.176. The van der Waals surface area contributed by atoms with Gasteiger partial charge in [-0.3, -0.25) is 4.79 Å². The average Bonchev–Trinajstić information content (AvgIpc) is 3.46. The van der Waals surface area contributed by atoms with E-state index in [9.17, 15) is 17.8 Å². The van der Waals surface area contributed by atoms with Crippen LogP contribution in [0.2, 0.25) is 25.1 Å². The van der Waals surface area contributed by atoms with Crippen molar-refractivity contribution in [3.63, 3.8) is 0 Å². The first-order valence-corrected chi connectivity index (χ1v) is 17.5. The van der Waals surface area contributed by atoms with Gasteiger partial charge < -0.3 is 14.0 Å². The number of nitrogens with zero attached hydrogens (tertiary/aromatic N) is 2. The highest BCUT2D eigenvalue weighted by molar-refractivity contribution is 7.85. The highest BCUT2D eigenvalue weighted by Crippen LogP contribution is 2.31. The molecular formula is C34H29Cl5N2O6S.